The molecule has 0 saturated heterocycles. The normalized spacial score (nSPS) is 14.1. The fourth-order valence-electron chi connectivity index (χ4n) is 3.35. The average molecular weight is 408 g/mol. The number of quaternary nitrogens is 1. The number of rotatable bonds is 9. The molecule has 0 aliphatic heterocycles. The van der Waals surface area contributed by atoms with E-state index in [0.29, 0.717) is 24.2 Å². The van der Waals surface area contributed by atoms with Crippen LogP contribution in [0.4, 0.5) is 0 Å². The zero-order chi connectivity index (χ0) is 20.9. The van der Waals surface area contributed by atoms with Gasteiger partial charge in [-0.15, -0.1) is 4.00 Å². The first-order chi connectivity index (χ1) is 13.2. The summed E-state index contributed by atoms with van der Waals surface area (Å²) in [6.07, 6.45) is 1.08. The Bertz CT molecular complexity index is 898. The first-order valence-corrected chi connectivity index (χ1v) is 10.9. The molecule has 0 spiro atoms. The summed E-state index contributed by atoms with van der Waals surface area (Å²) in [5.74, 6) is 6.86. The highest BCUT2D eigenvalue weighted by Crippen LogP contribution is 2.38. The number of methoxy groups -OCH3 is 1. The third kappa shape index (κ3) is 4.48. The van der Waals surface area contributed by atoms with Gasteiger partial charge in [-0.05, 0) is 30.9 Å². The number of phenols is 1. The van der Waals surface area contributed by atoms with E-state index in [-0.39, 0.29) is 29.7 Å². The standard InChI is InChI=1S/C21H30N2O4S/c1-5-13-23(22,15-17-9-7-6-8-10-17)28(25,26)20-12-11-19(27-4)18(21(20)24)14-16(2)3/h6-12,16H,5,13-15,22H2,1-4H3/p+1. The van der Waals surface area contributed by atoms with Crippen molar-refractivity contribution in [2.45, 2.75) is 45.1 Å². The molecular formula is C21H31N2O4S+. The van der Waals surface area contributed by atoms with Crippen LogP contribution < -0.4 is 10.6 Å². The smallest absolute Gasteiger partial charge is 0.348 e. The Morgan fingerprint density at radius 1 is 1.14 bits per heavy atom. The van der Waals surface area contributed by atoms with E-state index in [1.54, 1.807) is 6.07 Å². The highest BCUT2D eigenvalue weighted by atomic mass is 32.2. The second-order valence-corrected chi connectivity index (χ2v) is 9.60. The number of hydrogen-bond acceptors (Lipinski definition) is 5. The van der Waals surface area contributed by atoms with E-state index in [0.717, 1.165) is 5.56 Å². The summed E-state index contributed by atoms with van der Waals surface area (Å²) in [5.41, 5.74) is 1.30. The van der Waals surface area contributed by atoms with Gasteiger partial charge in [-0.3, -0.25) is 0 Å². The Hall–Kier alpha value is -2.09. The average Bonchev–Trinajstić information content (AvgIpc) is 2.63. The molecule has 0 amide bonds. The Morgan fingerprint density at radius 3 is 2.32 bits per heavy atom. The maximum absolute atomic E-state index is 13.6. The zero-order valence-corrected chi connectivity index (χ0v) is 17.9. The maximum Gasteiger partial charge on any atom is 0.348 e. The number of aromatic hydroxyl groups is 1. The molecule has 2 aromatic rings. The van der Waals surface area contributed by atoms with Gasteiger partial charge in [0.15, 0.2) is 4.90 Å². The fourth-order valence-corrected chi connectivity index (χ4v) is 5.09. The minimum atomic E-state index is -4.07. The van der Waals surface area contributed by atoms with Crippen molar-refractivity contribution < 1.29 is 22.3 Å². The number of ether oxygens (including phenoxy) is 1. The number of hydrogen-bond donors (Lipinski definition) is 2. The van der Waals surface area contributed by atoms with Crippen molar-refractivity contribution in [2.24, 2.45) is 11.8 Å². The van der Waals surface area contributed by atoms with Crippen LogP contribution in [0.1, 0.15) is 38.3 Å². The predicted molar refractivity (Wildman–Crippen MR) is 110 cm³/mol. The van der Waals surface area contributed by atoms with Gasteiger partial charge in [0, 0.05) is 11.1 Å². The summed E-state index contributed by atoms with van der Waals surface area (Å²) in [5, 5.41) is 10.9. The molecule has 2 rings (SSSR count). The second kappa shape index (κ2) is 8.94. The Labute approximate surface area is 168 Å². The van der Waals surface area contributed by atoms with Crippen molar-refractivity contribution in [3.8, 4) is 11.5 Å². The van der Waals surface area contributed by atoms with E-state index in [9.17, 15) is 13.5 Å². The molecule has 0 fully saturated rings. The molecule has 7 heteroatoms. The highest BCUT2D eigenvalue weighted by molar-refractivity contribution is 7.86. The molecule has 154 valence electrons. The van der Waals surface area contributed by atoms with Crippen LogP contribution in [-0.4, -0.2) is 31.2 Å². The van der Waals surface area contributed by atoms with Crippen LogP contribution in [0, 0.1) is 5.92 Å². The highest BCUT2D eigenvalue weighted by Gasteiger charge is 2.42. The van der Waals surface area contributed by atoms with Gasteiger partial charge in [-0.1, -0.05) is 51.1 Å². The topological polar surface area (TPSA) is 89.6 Å². The van der Waals surface area contributed by atoms with Crippen molar-refractivity contribution in [2.75, 3.05) is 13.7 Å². The molecule has 0 aromatic heterocycles. The van der Waals surface area contributed by atoms with Gasteiger partial charge < -0.3 is 9.84 Å². The van der Waals surface area contributed by atoms with Crippen LogP contribution in [0.3, 0.4) is 0 Å². The van der Waals surface area contributed by atoms with Gasteiger partial charge in [0.2, 0.25) is 0 Å². The Balaban J connectivity index is 2.59. The summed E-state index contributed by atoms with van der Waals surface area (Å²) >= 11 is 0. The van der Waals surface area contributed by atoms with Crippen LogP contribution in [0.5, 0.6) is 11.5 Å². The number of nitrogens with two attached hydrogens (primary N) is 1. The van der Waals surface area contributed by atoms with Crippen molar-refractivity contribution in [1.82, 2.24) is 0 Å². The van der Waals surface area contributed by atoms with E-state index in [4.69, 9.17) is 10.6 Å². The van der Waals surface area contributed by atoms with E-state index >= 15 is 0 Å². The monoisotopic (exact) mass is 407 g/mol. The Kier molecular flexibility index (Phi) is 7.09. The molecule has 0 radical (unpaired) electrons. The first kappa shape index (κ1) is 22.2. The van der Waals surface area contributed by atoms with Gasteiger partial charge >= 0.3 is 10.0 Å². The maximum atomic E-state index is 13.6. The Morgan fingerprint density at radius 2 is 1.79 bits per heavy atom. The van der Waals surface area contributed by atoms with Crippen molar-refractivity contribution >= 4 is 10.0 Å². The van der Waals surface area contributed by atoms with Gasteiger partial charge in [0.1, 0.15) is 24.6 Å². The molecule has 0 saturated carbocycles. The summed E-state index contributed by atoms with van der Waals surface area (Å²) in [7, 11) is -2.56. The van der Waals surface area contributed by atoms with Crippen molar-refractivity contribution in [3.63, 3.8) is 0 Å². The lowest BCUT2D eigenvalue weighted by Gasteiger charge is -2.31. The second-order valence-electron chi connectivity index (χ2n) is 7.49. The molecule has 0 aliphatic carbocycles. The summed E-state index contributed by atoms with van der Waals surface area (Å²) in [6.45, 7) is 6.22. The number of phenolic OH excluding ortho intramolecular Hbond substituents is 1. The minimum absolute atomic E-state index is 0.113. The quantitative estimate of drug-likeness (QED) is 0.377. The molecule has 1 atom stereocenters. The molecule has 1 unspecified atom stereocenters. The molecule has 6 nitrogen and oxygen atoms in total. The van der Waals surface area contributed by atoms with E-state index < -0.39 is 14.0 Å². The summed E-state index contributed by atoms with van der Waals surface area (Å²) in [4.78, 5) is -0.157. The number of benzene rings is 2. The van der Waals surface area contributed by atoms with Crippen LogP contribution in [0.25, 0.3) is 0 Å². The molecule has 0 bridgehead atoms. The number of nitrogens with zero attached hydrogens (tertiary/aromatic N) is 1. The molecule has 0 aliphatic rings. The lowest BCUT2D eigenvalue weighted by Crippen LogP contribution is -2.58. The van der Waals surface area contributed by atoms with Crippen LogP contribution in [-0.2, 0) is 23.0 Å². The lowest BCUT2D eigenvalue weighted by molar-refractivity contribution is -0.832. The molecular weight excluding hydrogens is 376 g/mol. The van der Waals surface area contributed by atoms with Crippen molar-refractivity contribution in [1.29, 1.82) is 0 Å². The van der Waals surface area contributed by atoms with Gasteiger partial charge in [0.05, 0.1) is 7.11 Å². The predicted octanol–water partition coefficient (Wildman–Crippen LogP) is 3.59. The summed E-state index contributed by atoms with van der Waals surface area (Å²) < 4.78 is 31.7. The van der Waals surface area contributed by atoms with Gasteiger partial charge in [0.25, 0.3) is 0 Å². The third-order valence-electron chi connectivity index (χ3n) is 4.69. The van der Waals surface area contributed by atoms with Crippen LogP contribution in [0.15, 0.2) is 47.4 Å². The minimum Gasteiger partial charge on any atom is -0.506 e. The van der Waals surface area contributed by atoms with Crippen molar-refractivity contribution in [3.05, 3.63) is 53.6 Å². The lowest BCUT2D eigenvalue weighted by atomic mass is 10.0. The van der Waals surface area contributed by atoms with Gasteiger partial charge in [-0.25, -0.2) is 0 Å². The van der Waals surface area contributed by atoms with Gasteiger partial charge in [-0.2, -0.15) is 14.3 Å². The molecule has 0 heterocycles. The zero-order valence-electron chi connectivity index (χ0n) is 17.1. The van der Waals surface area contributed by atoms with Crippen LogP contribution >= 0.6 is 0 Å². The largest absolute Gasteiger partial charge is 0.506 e. The SMILES string of the molecule is CCC[N+](N)(Cc1ccccc1)S(=O)(=O)c1ccc(OC)c(CC(C)C)c1O. The molecule has 28 heavy (non-hydrogen) atoms. The van der Waals surface area contributed by atoms with E-state index in [1.807, 2.05) is 51.1 Å². The molecule has 2 aromatic carbocycles. The fraction of sp³-hybridized carbons (Fsp3) is 0.429. The molecule has 3 N–H and O–H groups in total. The van der Waals surface area contributed by atoms with E-state index in [1.165, 1.54) is 13.2 Å². The third-order valence-corrected chi connectivity index (χ3v) is 6.84. The van der Waals surface area contributed by atoms with Crippen LogP contribution in [0.2, 0.25) is 0 Å². The number of sulfonamides is 1. The summed E-state index contributed by atoms with van der Waals surface area (Å²) in [6, 6.07) is 12.2. The van der Waals surface area contributed by atoms with E-state index in [2.05, 4.69) is 0 Å². The first-order valence-electron chi connectivity index (χ1n) is 9.50.